The van der Waals surface area contributed by atoms with Crippen LogP contribution in [-0.4, -0.2) is 51.7 Å². The zero-order chi connectivity index (χ0) is 14.9. The first-order valence-corrected chi connectivity index (χ1v) is 8.52. The van der Waals surface area contributed by atoms with Gasteiger partial charge in [0, 0.05) is 25.1 Å². The molecular weight excluding hydrogens is 294 g/mol. The van der Waals surface area contributed by atoms with E-state index in [1.54, 1.807) is 18.2 Å². The topological polar surface area (TPSA) is 65.1 Å². The van der Waals surface area contributed by atoms with Crippen molar-refractivity contribution in [1.82, 2.24) is 4.31 Å². The lowest BCUT2D eigenvalue weighted by Gasteiger charge is -2.32. The molecule has 1 unspecified atom stereocenters. The van der Waals surface area contributed by atoms with E-state index in [2.05, 4.69) is 0 Å². The van der Waals surface area contributed by atoms with E-state index in [-0.39, 0.29) is 10.9 Å². The minimum absolute atomic E-state index is 0.167. The molecule has 7 heteroatoms. The molecule has 1 aromatic carbocycles. The van der Waals surface area contributed by atoms with Crippen molar-refractivity contribution in [2.24, 2.45) is 0 Å². The zero-order valence-electron chi connectivity index (χ0n) is 11.9. The number of hydrogen-bond donors (Lipinski definition) is 0. The van der Waals surface area contributed by atoms with E-state index in [1.807, 2.05) is 6.92 Å². The van der Waals surface area contributed by atoms with Crippen LogP contribution in [0.25, 0.3) is 0 Å². The highest BCUT2D eigenvalue weighted by Crippen LogP contribution is 2.33. The number of nitrogens with zero attached hydrogens (tertiary/aromatic N) is 1. The fourth-order valence-electron chi connectivity index (χ4n) is 2.51. The Hall–Kier alpha value is -1.31. The summed E-state index contributed by atoms with van der Waals surface area (Å²) in [6.45, 7) is 4.18. The fraction of sp³-hybridized carbons (Fsp3) is 0.571. The number of benzene rings is 1. The number of ether oxygens (including phenoxy) is 3. The molecule has 0 saturated carbocycles. The lowest BCUT2D eigenvalue weighted by atomic mass is 10.3. The molecule has 0 aliphatic carbocycles. The summed E-state index contributed by atoms with van der Waals surface area (Å²) >= 11 is 0. The summed E-state index contributed by atoms with van der Waals surface area (Å²) in [5.41, 5.74) is 0. The van der Waals surface area contributed by atoms with Crippen LogP contribution in [0.15, 0.2) is 23.1 Å². The summed E-state index contributed by atoms with van der Waals surface area (Å²) < 4.78 is 43.4. The van der Waals surface area contributed by atoms with Gasteiger partial charge in [-0.3, -0.25) is 0 Å². The Labute approximate surface area is 124 Å². The van der Waals surface area contributed by atoms with E-state index in [1.165, 1.54) is 4.31 Å². The first-order valence-electron chi connectivity index (χ1n) is 7.08. The second-order valence-electron chi connectivity index (χ2n) is 5.20. The lowest BCUT2D eigenvalue weighted by molar-refractivity contribution is 0.0392. The Kier molecular flexibility index (Phi) is 4.05. The first kappa shape index (κ1) is 14.6. The molecule has 2 heterocycles. The summed E-state index contributed by atoms with van der Waals surface area (Å²) in [5.74, 6) is 1.09. The molecule has 3 rings (SSSR count). The van der Waals surface area contributed by atoms with Crippen LogP contribution < -0.4 is 9.47 Å². The summed E-state index contributed by atoms with van der Waals surface area (Å²) in [5, 5.41) is 0. The molecule has 6 nitrogen and oxygen atoms in total. The van der Waals surface area contributed by atoms with Crippen molar-refractivity contribution in [3.8, 4) is 11.5 Å². The van der Waals surface area contributed by atoms with Gasteiger partial charge in [0.15, 0.2) is 11.5 Å². The highest BCUT2D eigenvalue weighted by atomic mass is 32.2. The first-order chi connectivity index (χ1) is 10.1. The summed E-state index contributed by atoms with van der Waals surface area (Å²) in [6, 6.07) is 4.63. The molecule has 0 spiro atoms. The molecule has 0 N–H and O–H groups in total. The Morgan fingerprint density at radius 1 is 1.14 bits per heavy atom. The smallest absolute Gasteiger partial charge is 0.243 e. The summed E-state index contributed by atoms with van der Waals surface area (Å²) in [6.07, 6.45) is 0.789. The van der Waals surface area contributed by atoms with Crippen LogP contribution in [-0.2, 0) is 14.8 Å². The Morgan fingerprint density at radius 3 is 2.67 bits per heavy atom. The molecule has 21 heavy (non-hydrogen) atoms. The van der Waals surface area contributed by atoms with Gasteiger partial charge in [-0.25, -0.2) is 8.42 Å². The maximum atomic E-state index is 12.7. The molecular formula is C14H19NO5S. The maximum Gasteiger partial charge on any atom is 0.243 e. The third-order valence-electron chi connectivity index (χ3n) is 3.63. The molecule has 0 bridgehead atoms. The molecule has 1 aromatic rings. The molecule has 1 fully saturated rings. The maximum absolute atomic E-state index is 12.7. The third kappa shape index (κ3) is 2.86. The van der Waals surface area contributed by atoms with E-state index in [0.29, 0.717) is 44.5 Å². The second-order valence-corrected chi connectivity index (χ2v) is 7.09. The van der Waals surface area contributed by atoms with Gasteiger partial charge >= 0.3 is 0 Å². The monoisotopic (exact) mass is 313 g/mol. The fourth-order valence-corrected chi connectivity index (χ4v) is 4.12. The lowest BCUT2D eigenvalue weighted by Crippen LogP contribution is -2.46. The van der Waals surface area contributed by atoms with E-state index in [9.17, 15) is 8.42 Å². The largest absolute Gasteiger partial charge is 0.490 e. The molecule has 0 radical (unpaired) electrons. The van der Waals surface area contributed by atoms with Crippen molar-refractivity contribution >= 4 is 10.0 Å². The van der Waals surface area contributed by atoms with Gasteiger partial charge in [0.2, 0.25) is 10.0 Å². The normalized spacial score (nSPS) is 23.6. The summed E-state index contributed by atoms with van der Waals surface area (Å²) in [4.78, 5) is 0.237. The van der Waals surface area contributed by atoms with Gasteiger partial charge < -0.3 is 14.2 Å². The molecule has 2 aliphatic heterocycles. The highest BCUT2D eigenvalue weighted by molar-refractivity contribution is 7.89. The average Bonchev–Trinajstić information content (AvgIpc) is 2.72. The van der Waals surface area contributed by atoms with Crippen LogP contribution in [0.5, 0.6) is 11.5 Å². The van der Waals surface area contributed by atoms with E-state index in [0.717, 1.165) is 6.42 Å². The predicted molar refractivity (Wildman–Crippen MR) is 76.2 cm³/mol. The van der Waals surface area contributed by atoms with Gasteiger partial charge in [0.25, 0.3) is 0 Å². The quantitative estimate of drug-likeness (QED) is 0.822. The van der Waals surface area contributed by atoms with Gasteiger partial charge in [-0.05, 0) is 19.1 Å². The van der Waals surface area contributed by atoms with E-state index in [4.69, 9.17) is 14.2 Å². The van der Waals surface area contributed by atoms with Crippen LogP contribution in [0.4, 0.5) is 0 Å². The van der Waals surface area contributed by atoms with Crippen LogP contribution >= 0.6 is 0 Å². The minimum atomic E-state index is -3.54. The molecule has 1 atom stereocenters. The summed E-state index contributed by atoms with van der Waals surface area (Å²) in [7, 11) is -3.54. The second kappa shape index (κ2) is 5.82. The van der Waals surface area contributed by atoms with Crippen LogP contribution in [0.3, 0.4) is 0 Å². The van der Waals surface area contributed by atoms with Gasteiger partial charge in [-0.1, -0.05) is 0 Å². The van der Waals surface area contributed by atoms with Crippen molar-refractivity contribution in [1.29, 1.82) is 0 Å². The number of rotatable bonds is 2. The van der Waals surface area contributed by atoms with Gasteiger partial charge in [-0.2, -0.15) is 4.31 Å². The Balaban J connectivity index is 1.93. The molecule has 116 valence electrons. The van der Waals surface area contributed by atoms with Crippen molar-refractivity contribution in [3.05, 3.63) is 18.2 Å². The number of hydrogen-bond acceptors (Lipinski definition) is 5. The Bertz CT molecular complexity index is 616. The number of morpholine rings is 1. The Morgan fingerprint density at radius 2 is 1.90 bits per heavy atom. The van der Waals surface area contributed by atoms with Crippen molar-refractivity contribution in [2.75, 3.05) is 33.0 Å². The third-order valence-corrected chi connectivity index (χ3v) is 5.64. The van der Waals surface area contributed by atoms with Crippen LogP contribution in [0.2, 0.25) is 0 Å². The molecule has 0 aromatic heterocycles. The van der Waals surface area contributed by atoms with Gasteiger partial charge in [-0.15, -0.1) is 0 Å². The van der Waals surface area contributed by atoms with Crippen molar-refractivity contribution in [2.45, 2.75) is 24.3 Å². The SMILES string of the molecule is CC1COCCN1S(=O)(=O)c1ccc2c(c1)OCCCO2. The van der Waals surface area contributed by atoms with Crippen molar-refractivity contribution in [3.63, 3.8) is 0 Å². The van der Waals surface area contributed by atoms with Gasteiger partial charge in [0.1, 0.15) is 0 Å². The van der Waals surface area contributed by atoms with Crippen molar-refractivity contribution < 1.29 is 22.6 Å². The molecule has 2 aliphatic rings. The molecule has 0 amide bonds. The van der Waals surface area contributed by atoms with Crippen LogP contribution in [0, 0.1) is 0 Å². The number of sulfonamides is 1. The standard InChI is InChI=1S/C14H19NO5S/c1-11-10-18-8-5-15(11)21(16,17)12-3-4-13-14(9-12)20-7-2-6-19-13/h3-4,9,11H,2,5-8,10H2,1H3. The minimum Gasteiger partial charge on any atom is -0.490 e. The average molecular weight is 313 g/mol. The number of fused-ring (bicyclic) bond motifs is 1. The molecule has 1 saturated heterocycles. The van der Waals surface area contributed by atoms with E-state index >= 15 is 0 Å². The zero-order valence-corrected chi connectivity index (χ0v) is 12.8. The van der Waals surface area contributed by atoms with Crippen LogP contribution in [0.1, 0.15) is 13.3 Å². The highest BCUT2D eigenvalue weighted by Gasteiger charge is 2.32. The predicted octanol–water partition coefficient (Wildman–Crippen LogP) is 1.26. The van der Waals surface area contributed by atoms with E-state index < -0.39 is 10.0 Å². The van der Waals surface area contributed by atoms with Gasteiger partial charge in [0.05, 0.1) is 31.3 Å².